The number of alkyl halides is 3. The third kappa shape index (κ3) is 6.85. The predicted octanol–water partition coefficient (Wildman–Crippen LogP) is 5.76. The molecule has 2 aromatic carbocycles. The van der Waals surface area contributed by atoms with Crippen LogP contribution in [0.1, 0.15) is 18.2 Å². The molecule has 0 aliphatic carbocycles. The number of rotatable bonds is 6. The number of para-hydroxylation sites is 1. The lowest BCUT2D eigenvalue weighted by atomic mass is 10.1. The van der Waals surface area contributed by atoms with Gasteiger partial charge in [-0.2, -0.15) is 13.2 Å². The Kier molecular flexibility index (Phi) is 8.67. The molecule has 0 spiro atoms. The fourth-order valence-electron chi connectivity index (χ4n) is 3.00. The molecule has 9 heteroatoms. The molecular formula is C22H22BrF3N2O3. The van der Waals surface area contributed by atoms with Gasteiger partial charge in [0.1, 0.15) is 5.75 Å². The number of methoxy groups -OCH3 is 1. The number of hydrogen-bond donors (Lipinski definition) is 1. The van der Waals surface area contributed by atoms with Gasteiger partial charge in [-0.15, -0.1) is 0 Å². The van der Waals surface area contributed by atoms with Gasteiger partial charge in [0.25, 0.3) is 0 Å². The smallest absolute Gasteiger partial charge is 0.490 e. The molecule has 1 heterocycles. The van der Waals surface area contributed by atoms with Crippen LogP contribution in [0.25, 0.3) is 11.3 Å². The molecule has 0 aliphatic heterocycles. The third-order valence-electron chi connectivity index (χ3n) is 4.44. The quantitative estimate of drug-likeness (QED) is 0.469. The van der Waals surface area contributed by atoms with Crippen molar-refractivity contribution >= 4 is 21.9 Å². The highest BCUT2D eigenvalue weighted by Crippen LogP contribution is 2.26. The molecular weight excluding hydrogens is 477 g/mol. The van der Waals surface area contributed by atoms with E-state index in [1.54, 1.807) is 7.11 Å². The molecule has 0 aliphatic rings. The Morgan fingerprint density at radius 3 is 2.45 bits per heavy atom. The van der Waals surface area contributed by atoms with Crippen molar-refractivity contribution in [3.63, 3.8) is 0 Å². The minimum atomic E-state index is -5.08. The summed E-state index contributed by atoms with van der Waals surface area (Å²) in [5.41, 5.74) is 4.71. The summed E-state index contributed by atoms with van der Waals surface area (Å²) >= 11 is 3.54. The lowest BCUT2D eigenvalue weighted by Crippen LogP contribution is -2.21. The van der Waals surface area contributed by atoms with E-state index in [0.29, 0.717) is 0 Å². The van der Waals surface area contributed by atoms with E-state index in [1.165, 1.54) is 11.3 Å². The van der Waals surface area contributed by atoms with Crippen molar-refractivity contribution in [3.05, 3.63) is 70.6 Å². The Bertz CT molecular complexity index is 1020. The van der Waals surface area contributed by atoms with Gasteiger partial charge in [-0.05, 0) is 36.6 Å². The zero-order valence-corrected chi connectivity index (χ0v) is 18.6. The van der Waals surface area contributed by atoms with Gasteiger partial charge in [-0.25, -0.2) is 9.78 Å². The lowest BCUT2D eigenvalue weighted by molar-refractivity contribution is -0.192. The van der Waals surface area contributed by atoms with E-state index in [4.69, 9.17) is 14.6 Å². The number of aryl methyl sites for hydroxylation is 2. The van der Waals surface area contributed by atoms with Crippen LogP contribution in [0.15, 0.2) is 59.3 Å². The number of hydrogen-bond acceptors (Lipinski definition) is 3. The van der Waals surface area contributed by atoms with Crippen LogP contribution in [0.3, 0.4) is 0 Å². The molecule has 0 unspecified atom stereocenters. The van der Waals surface area contributed by atoms with E-state index in [2.05, 4.69) is 56.7 Å². The molecule has 166 valence electrons. The Morgan fingerprint density at radius 1 is 1.19 bits per heavy atom. The minimum absolute atomic E-state index is 0.893. The molecule has 1 N–H and O–H groups in total. The van der Waals surface area contributed by atoms with Gasteiger partial charge >= 0.3 is 12.1 Å². The first-order valence-corrected chi connectivity index (χ1v) is 10.2. The maximum Gasteiger partial charge on any atom is 0.490 e. The first-order valence-electron chi connectivity index (χ1n) is 9.39. The van der Waals surface area contributed by atoms with E-state index in [1.807, 2.05) is 30.6 Å². The Hall–Kier alpha value is -2.81. The molecule has 5 nitrogen and oxygen atoms in total. The SMILES string of the molecule is CCc1c(-c2cccc(Br)c2)ncn1CCc1ccccc1OC.O=C(O)C(F)(F)F. The largest absolute Gasteiger partial charge is 0.496 e. The molecule has 0 saturated heterocycles. The Labute approximate surface area is 186 Å². The molecule has 0 atom stereocenters. The molecule has 3 rings (SSSR count). The molecule has 0 bridgehead atoms. The number of carboxylic acid groups (broad SMARTS) is 1. The molecule has 0 saturated carbocycles. The zero-order valence-electron chi connectivity index (χ0n) is 17.0. The normalized spacial score (nSPS) is 10.9. The van der Waals surface area contributed by atoms with Gasteiger partial charge in [0, 0.05) is 22.3 Å². The standard InChI is InChI=1S/C20H21BrN2O.C2HF3O2/c1-3-18-20(16-8-6-9-17(21)13-16)22-14-23(18)12-11-15-7-4-5-10-19(15)24-2;3-2(4,5)1(6)7/h4-10,13-14H,3,11-12H2,1-2H3;(H,6,7). The van der Waals surface area contributed by atoms with Crippen LogP contribution < -0.4 is 4.74 Å². The first kappa shape index (κ1) is 24.5. The van der Waals surface area contributed by atoms with Crippen molar-refractivity contribution in [3.8, 4) is 17.0 Å². The second-order valence-corrected chi connectivity index (χ2v) is 7.38. The second kappa shape index (κ2) is 11.0. The number of carboxylic acids is 1. The fraction of sp³-hybridized carbons (Fsp3) is 0.273. The molecule has 31 heavy (non-hydrogen) atoms. The number of halogens is 4. The molecule has 0 radical (unpaired) electrons. The van der Waals surface area contributed by atoms with Crippen LogP contribution in [0.2, 0.25) is 0 Å². The fourth-order valence-corrected chi connectivity index (χ4v) is 3.40. The monoisotopic (exact) mass is 498 g/mol. The van der Waals surface area contributed by atoms with Crippen LogP contribution in [0.5, 0.6) is 5.75 Å². The highest BCUT2D eigenvalue weighted by atomic mass is 79.9. The summed E-state index contributed by atoms with van der Waals surface area (Å²) in [5, 5.41) is 7.12. The maximum atomic E-state index is 10.6. The van der Waals surface area contributed by atoms with Gasteiger partial charge in [-0.3, -0.25) is 0 Å². The highest BCUT2D eigenvalue weighted by molar-refractivity contribution is 9.10. The van der Waals surface area contributed by atoms with Crippen LogP contribution in [0, 0.1) is 0 Å². The average molecular weight is 499 g/mol. The Morgan fingerprint density at radius 2 is 1.87 bits per heavy atom. The van der Waals surface area contributed by atoms with Crippen LogP contribution >= 0.6 is 15.9 Å². The summed E-state index contributed by atoms with van der Waals surface area (Å²) in [7, 11) is 1.72. The molecule has 0 amide bonds. The Balaban J connectivity index is 0.000000423. The number of aliphatic carboxylic acids is 1. The van der Waals surface area contributed by atoms with Crippen molar-refractivity contribution in [2.24, 2.45) is 0 Å². The van der Waals surface area contributed by atoms with Crippen molar-refractivity contribution in [1.29, 1.82) is 0 Å². The van der Waals surface area contributed by atoms with Crippen LogP contribution in [0.4, 0.5) is 13.2 Å². The van der Waals surface area contributed by atoms with E-state index < -0.39 is 12.1 Å². The lowest BCUT2D eigenvalue weighted by Gasteiger charge is -2.11. The molecule has 0 fully saturated rings. The summed E-state index contributed by atoms with van der Waals surface area (Å²) in [4.78, 5) is 13.6. The molecule has 3 aromatic rings. The van der Waals surface area contributed by atoms with E-state index in [-0.39, 0.29) is 0 Å². The minimum Gasteiger partial charge on any atom is -0.496 e. The summed E-state index contributed by atoms with van der Waals surface area (Å²) in [6.45, 7) is 3.07. The topological polar surface area (TPSA) is 64.4 Å². The summed E-state index contributed by atoms with van der Waals surface area (Å²) in [6.07, 6.45) is -1.26. The number of aromatic nitrogens is 2. The third-order valence-corrected chi connectivity index (χ3v) is 4.93. The summed E-state index contributed by atoms with van der Waals surface area (Å²) in [6, 6.07) is 16.5. The van der Waals surface area contributed by atoms with Crippen molar-refractivity contribution in [1.82, 2.24) is 9.55 Å². The molecule has 1 aromatic heterocycles. The average Bonchev–Trinajstić information content (AvgIpc) is 3.15. The summed E-state index contributed by atoms with van der Waals surface area (Å²) < 4.78 is 40.5. The number of ether oxygens (including phenoxy) is 1. The van der Waals surface area contributed by atoms with Gasteiger partial charge in [0.05, 0.1) is 19.1 Å². The predicted molar refractivity (Wildman–Crippen MR) is 115 cm³/mol. The van der Waals surface area contributed by atoms with E-state index in [0.717, 1.165) is 40.9 Å². The van der Waals surface area contributed by atoms with Crippen LogP contribution in [-0.4, -0.2) is 33.9 Å². The number of benzene rings is 2. The van der Waals surface area contributed by atoms with Crippen molar-refractivity contribution in [2.75, 3.05) is 7.11 Å². The highest BCUT2D eigenvalue weighted by Gasteiger charge is 2.38. The zero-order chi connectivity index (χ0) is 23.0. The summed E-state index contributed by atoms with van der Waals surface area (Å²) in [5.74, 6) is -1.81. The first-order chi connectivity index (χ1) is 14.7. The maximum absolute atomic E-state index is 10.6. The van der Waals surface area contributed by atoms with Crippen molar-refractivity contribution < 1.29 is 27.8 Å². The van der Waals surface area contributed by atoms with Gasteiger partial charge in [0.2, 0.25) is 0 Å². The number of nitrogens with zero attached hydrogens (tertiary/aromatic N) is 2. The van der Waals surface area contributed by atoms with Gasteiger partial charge in [-0.1, -0.05) is 53.2 Å². The van der Waals surface area contributed by atoms with Gasteiger partial charge < -0.3 is 14.4 Å². The number of carbonyl (C=O) groups is 1. The second-order valence-electron chi connectivity index (χ2n) is 6.46. The van der Waals surface area contributed by atoms with Gasteiger partial charge in [0.15, 0.2) is 0 Å². The van der Waals surface area contributed by atoms with E-state index in [9.17, 15) is 13.2 Å². The van der Waals surface area contributed by atoms with Crippen molar-refractivity contribution in [2.45, 2.75) is 32.5 Å². The van der Waals surface area contributed by atoms with E-state index >= 15 is 0 Å². The number of imidazole rings is 1. The van der Waals surface area contributed by atoms with Crippen LogP contribution in [-0.2, 0) is 24.2 Å².